The van der Waals surface area contributed by atoms with Gasteiger partial charge in [0.15, 0.2) is 0 Å². The minimum Gasteiger partial charge on any atom is -0.379 e. The summed E-state index contributed by atoms with van der Waals surface area (Å²) in [5, 5.41) is 3.32. The molecule has 0 rings (SSSR count). The van der Waals surface area contributed by atoms with Crippen LogP contribution >= 0.6 is 0 Å². The molecule has 0 bridgehead atoms. The van der Waals surface area contributed by atoms with E-state index in [1.807, 2.05) is 0 Å². The van der Waals surface area contributed by atoms with E-state index in [1.165, 1.54) is 32.1 Å². The molecule has 122 valence electrons. The van der Waals surface area contributed by atoms with Crippen LogP contribution in [0.5, 0.6) is 0 Å². The third kappa shape index (κ3) is 17.9. The van der Waals surface area contributed by atoms with E-state index in [0.29, 0.717) is 18.1 Å². The maximum absolute atomic E-state index is 5.56. The lowest BCUT2D eigenvalue weighted by Gasteiger charge is -2.17. The van der Waals surface area contributed by atoms with Crippen molar-refractivity contribution in [2.75, 3.05) is 33.0 Å². The van der Waals surface area contributed by atoms with Gasteiger partial charge in [-0.05, 0) is 18.3 Å². The summed E-state index contributed by atoms with van der Waals surface area (Å²) in [6, 6.07) is 0.535. The van der Waals surface area contributed by atoms with Crippen molar-refractivity contribution < 1.29 is 9.47 Å². The standard InChI is InChI=1S/C17H37NO2/c1-16(2)18-11-13-20-15-14-19-12-9-7-6-8-10-17(3,4)5/h16,18H,6-15H2,1-5H3. The van der Waals surface area contributed by atoms with Crippen molar-refractivity contribution in [1.29, 1.82) is 0 Å². The van der Waals surface area contributed by atoms with Gasteiger partial charge in [-0.1, -0.05) is 53.9 Å². The second kappa shape index (κ2) is 12.6. The molecule has 0 saturated carbocycles. The molecule has 0 spiro atoms. The molecule has 3 heteroatoms. The molecule has 20 heavy (non-hydrogen) atoms. The summed E-state index contributed by atoms with van der Waals surface area (Å²) in [6.07, 6.45) is 6.47. The molecule has 0 aliphatic carbocycles. The zero-order chi connectivity index (χ0) is 15.3. The Labute approximate surface area is 126 Å². The van der Waals surface area contributed by atoms with E-state index in [1.54, 1.807) is 0 Å². The summed E-state index contributed by atoms with van der Waals surface area (Å²) in [6.45, 7) is 15.2. The Morgan fingerprint density at radius 3 is 2.00 bits per heavy atom. The lowest BCUT2D eigenvalue weighted by atomic mass is 9.89. The molecular formula is C17H37NO2. The van der Waals surface area contributed by atoms with Crippen LogP contribution in [0.1, 0.15) is 66.7 Å². The monoisotopic (exact) mass is 287 g/mol. The van der Waals surface area contributed by atoms with Gasteiger partial charge < -0.3 is 14.8 Å². The van der Waals surface area contributed by atoms with Crippen molar-refractivity contribution in [3.05, 3.63) is 0 Å². The lowest BCUT2D eigenvalue weighted by molar-refractivity contribution is 0.0469. The Kier molecular flexibility index (Phi) is 12.5. The summed E-state index contributed by atoms with van der Waals surface area (Å²) >= 11 is 0. The van der Waals surface area contributed by atoms with Gasteiger partial charge >= 0.3 is 0 Å². The summed E-state index contributed by atoms with van der Waals surface area (Å²) in [7, 11) is 0. The fraction of sp³-hybridized carbons (Fsp3) is 1.00. The predicted molar refractivity (Wildman–Crippen MR) is 87.3 cm³/mol. The Hall–Kier alpha value is -0.120. The molecule has 1 N–H and O–H groups in total. The molecule has 0 aromatic heterocycles. The fourth-order valence-corrected chi connectivity index (χ4v) is 1.95. The molecule has 0 aromatic carbocycles. The Balaban J connectivity index is 3.03. The Morgan fingerprint density at radius 2 is 1.40 bits per heavy atom. The van der Waals surface area contributed by atoms with Gasteiger partial charge in [-0.2, -0.15) is 0 Å². The molecular weight excluding hydrogens is 250 g/mol. The molecule has 0 heterocycles. The van der Waals surface area contributed by atoms with Crippen molar-refractivity contribution in [2.45, 2.75) is 72.8 Å². The molecule has 0 saturated heterocycles. The van der Waals surface area contributed by atoms with E-state index in [0.717, 1.165) is 26.4 Å². The number of hydrogen-bond donors (Lipinski definition) is 1. The van der Waals surface area contributed by atoms with Gasteiger partial charge in [-0.15, -0.1) is 0 Å². The number of unbranched alkanes of at least 4 members (excludes halogenated alkanes) is 3. The number of ether oxygens (including phenoxy) is 2. The van der Waals surface area contributed by atoms with Gasteiger partial charge in [0.25, 0.3) is 0 Å². The van der Waals surface area contributed by atoms with Crippen LogP contribution in [-0.4, -0.2) is 39.0 Å². The van der Waals surface area contributed by atoms with Crippen molar-refractivity contribution in [3.63, 3.8) is 0 Å². The number of rotatable bonds is 13. The van der Waals surface area contributed by atoms with Crippen LogP contribution in [0.25, 0.3) is 0 Å². The molecule has 0 aromatic rings. The van der Waals surface area contributed by atoms with Crippen molar-refractivity contribution in [2.24, 2.45) is 5.41 Å². The largest absolute Gasteiger partial charge is 0.379 e. The number of nitrogens with one attached hydrogen (secondary N) is 1. The normalized spacial score (nSPS) is 12.3. The van der Waals surface area contributed by atoms with Gasteiger partial charge in [0, 0.05) is 19.2 Å². The number of hydrogen-bond acceptors (Lipinski definition) is 3. The van der Waals surface area contributed by atoms with Gasteiger partial charge in [0.2, 0.25) is 0 Å². The highest BCUT2D eigenvalue weighted by Crippen LogP contribution is 2.22. The van der Waals surface area contributed by atoms with Crippen LogP contribution in [0.3, 0.4) is 0 Å². The molecule has 0 aliphatic heterocycles. The van der Waals surface area contributed by atoms with Crippen molar-refractivity contribution in [1.82, 2.24) is 5.32 Å². The maximum atomic E-state index is 5.56. The van der Waals surface area contributed by atoms with Crippen LogP contribution in [0.4, 0.5) is 0 Å². The summed E-state index contributed by atoms with van der Waals surface area (Å²) in [4.78, 5) is 0. The first kappa shape index (κ1) is 19.9. The van der Waals surface area contributed by atoms with Crippen LogP contribution < -0.4 is 5.32 Å². The minimum absolute atomic E-state index is 0.484. The van der Waals surface area contributed by atoms with E-state index in [2.05, 4.69) is 39.9 Å². The molecule has 0 fully saturated rings. The van der Waals surface area contributed by atoms with Gasteiger partial charge in [-0.25, -0.2) is 0 Å². The van der Waals surface area contributed by atoms with Crippen LogP contribution in [-0.2, 0) is 9.47 Å². The third-order valence-corrected chi connectivity index (χ3v) is 3.14. The Bertz CT molecular complexity index is 200. The van der Waals surface area contributed by atoms with Crippen molar-refractivity contribution >= 4 is 0 Å². The minimum atomic E-state index is 0.484. The van der Waals surface area contributed by atoms with E-state index in [9.17, 15) is 0 Å². The average Bonchev–Trinajstić information content (AvgIpc) is 2.33. The molecule has 0 radical (unpaired) electrons. The molecule has 0 amide bonds. The second-order valence-electron chi connectivity index (χ2n) is 7.06. The average molecular weight is 287 g/mol. The quantitative estimate of drug-likeness (QED) is 0.519. The highest BCUT2D eigenvalue weighted by molar-refractivity contribution is 4.60. The summed E-state index contributed by atoms with van der Waals surface area (Å²) in [5.41, 5.74) is 0.484. The first-order valence-corrected chi connectivity index (χ1v) is 8.31. The maximum Gasteiger partial charge on any atom is 0.0701 e. The Morgan fingerprint density at radius 1 is 0.800 bits per heavy atom. The predicted octanol–water partition coefficient (Wildman–Crippen LogP) is 4.01. The van der Waals surface area contributed by atoms with Crippen molar-refractivity contribution in [3.8, 4) is 0 Å². The van der Waals surface area contributed by atoms with E-state index < -0.39 is 0 Å². The molecule has 0 atom stereocenters. The molecule has 3 nitrogen and oxygen atoms in total. The van der Waals surface area contributed by atoms with E-state index >= 15 is 0 Å². The molecule has 0 aliphatic rings. The SMILES string of the molecule is CC(C)NCCOCCOCCCCCCC(C)(C)C. The smallest absolute Gasteiger partial charge is 0.0701 e. The molecule has 0 unspecified atom stereocenters. The topological polar surface area (TPSA) is 30.5 Å². The van der Waals surface area contributed by atoms with Gasteiger partial charge in [0.05, 0.1) is 19.8 Å². The highest BCUT2D eigenvalue weighted by Gasteiger charge is 2.08. The zero-order valence-corrected chi connectivity index (χ0v) is 14.5. The van der Waals surface area contributed by atoms with E-state index in [4.69, 9.17) is 9.47 Å². The van der Waals surface area contributed by atoms with Gasteiger partial charge in [0.1, 0.15) is 0 Å². The fourth-order valence-electron chi connectivity index (χ4n) is 1.95. The second-order valence-corrected chi connectivity index (χ2v) is 7.06. The van der Waals surface area contributed by atoms with Gasteiger partial charge in [-0.3, -0.25) is 0 Å². The summed E-state index contributed by atoms with van der Waals surface area (Å²) in [5.74, 6) is 0. The van der Waals surface area contributed by atoms with Crippen LogP contribution in [0, 0.1) is 5.41 Å². The first-order chi connectivity index (χ1) is 9.42. The first-order valence-electron chi connectivity index (χ1n) is 8.31. The third-order valence-electron chi connectivity index (χ3n) is 3.14. The van der Waals surface area contributed by atoms with E-state index in [-0.39, 0.29) is 0 Å². The van der Waals surface area contributed by atoms with Crippen LogP contribution in [0.15, 0.2) is 0 Å². The van der Waals surface area contributed by atoms with Crippen LogP contribution in [0.2, 0.25) is 0 Å². The lowest BCUT2D eigenvalue weighted by Crippen LogP contribution is -2.27. The zero-order valence-electron chi connectivity index (χ0n) is 14.5. The highest BCUT2D eigenvalue weighted by atomic mass is 16.5. The summed E-state index contributed by atoms with van der Waals surface area (Å²) < 4.78 is 11.0.